The van der Waals surface area contributed by atoms with Gasteiger partial charge < -0.3 is 14.9 Å². The van der Waals surface area contributed by atoms with Gasteiger partial charge in [0, 0.05) is 6.16 Å². The van der Waals surface area contributed by atoms with Crippen molar-refractivity contribution in [1.82, 2.24) is 0 Å². The molecule has 0 aliphatic carbocycles. The van der Waals surface area contributed by atoms with Crippen LogP contribution in [0, 0.1) is 0 Å². The summed E-state index contributed by atoms with van der Waals surface area (Å²) in [4.78, 5) is 17.6. The Morgan fingerprint density at radius 2 is 2.14 bits per heavy atom. The Bertz CT molecular complexity index is 230. The van der Waals surface area contributed by atoms with Gasteiger partial charge in [-0.25, -0.2) is 0 Å². The summed E-state index contributed by atoms with van der Waals surface area (Å²) >= 11 is 0. The van der Waals surface area contributed by atoms with Crippen LogP contribution in [0.25, 0.3) is 0 Å². The third-order valence-corrected chi connectivity index (χ3v) is 3.70. The van der Waals surface area contributed by atoms with E-state index in [2.05, 4.69) is 4.52 Å². The first-order valence-corrected chi connectivity index (χ1v) is 7.60. The van der Waals surface area contributed by atoms with E-state index in [0.717, 1.165) is 0 Å². The smallest absolute Gasteiger partial charge is 0.330 e. The molecule has 0 fully saturated rings. The van der Waals surface area contributed by atoms with E-state index in [1.165, 1.54) is 0 Å². The number of rotatable bonds is 7. The lowest BCUT2D eigenvalue weighted by Gasteiger charge is -2.15. The quantitative estimate of drug-likeness (QED) is 0.452. The van der Waals surface area contributed by atoms with Crippen molar-refractivity contribution in [2.45, 2.75) is 26.1 Å². The summed E-state index contributed by atoms with van der Waals surface area (Å²) in [5, 5.41) is 8.94. The number of aliphatic hydroxyl groups is 1. The molecule has 0 aliphatic rings. The van der Waals surface area contributed by atoms with Gasteiger partial charge in [-0.1, -0.05) is 6.92 Å². The molecule has 86 valence electrons. The van der Waals surface area contributed by atoms with Crippen LogP contribution in [0.15, 0.2) is 0 Å². The van der Waals surface area contributed by atoms with Crippen LogP contribution in [0.2, 0.25) is 0 Å². The fourth-order valence-electron chi connectivity index (χ4n) is 0.747. The van der Waals surface area contributed by atoms with Crippen molar-refractivity contribution in [2.75, 3.05) is 12.3 Å². The molecule has 0 aromatic carbocycles. The molecule has 0 saturated carbocycles. The lowest BCUT2D eigenvalue weighted by molar-refractivity contribution is -0.0258. The van der Waals surface area contributed by atoms with E-state index in [4.69, 9.17) is 14.9 Å². The maximum Gasteiger partial charge on any atom is 0.330 e. The van der Waals surface area contributed by atoms with E-state index in [0.29, 0.717) is 0 Å². The van der Waals surface area contributed by atoms with E-state index in [9.17, 15) is 9.13 Å². The van der Waals surface area contributed by atoms with Crippen molar-refractivity contribution in [3.8, 4) is 0 Å². The van der Waals surface area contributed by atoms with Gasteiger partial charge in [-0.2, -0.15) is 0 Å². The number of hydrogen-bond acceptors (Lipinski definition) is 4. The molecule has 3 unspecified atom stereocenters. The minimum absolute atomic E-state index is 0.000791. The third kappa shape index (κ3) is 7.68. The minimum atomic E-state index is -3.81. The Kier molecular flexibility index (Phi) is 6.87. The van der Waals surface area contributed by atoms with Crippen LogP contribution < -0.4 is 0 Å². The predicted molar refractivity (Wildman–Crippen MR) is 52.8 cm³/mol. The van der Waals surface area contributed by atoms with E-state index in [-0.39, 0.29) is 25.2 Å². The summed E-state index contributed by atoms with van der Waals surface area (Å²) in [6.07, 6.45) is -1.10. The maximum absolute atomic E-state index is 11.2. The Morgan fingerprint density at radius 1 is 1.57 bits per heavy atom. The average Bonchev–Trinajstić information content (AvgIpc) is 2.02. The van der Waals surface area contributed by atoms with Crippen LogP contribution in [-0.2, 0) is 13.7 Å². The highest BCUT2D eigenvalue weighted by atomic mass is 31.2. The van der Waals surface area contributed by atoms with Gasteiger partial charge in [0.25, 0.3) is 0 Å². The van der Waals surface area contributed by atoms with Crippen LogP contribution in [-0.4, -0.2) is 33.5 Å². The highest BCUT2D eigenvalue weighted by Gasteiger charge is 2.22. The van der Waals surface area contributed by atoms with Crippen LogP contribution in [0.5, 0.6) is 0 Å². The molecule has 8 heteroatoms. The van der Waals surface area contributed by atoms with E-state index < -0.39 is 21.9 Å². The van der Waals surface area contributed by atoms with E-state index in [1.54, 1.807) is 6.92 Å². The molecule has 0 rings (SSSR count). The summed E-state index contributed by atoms with van der Waals surface area (Å²) in [6, 6.07) is 0. The van der Waals surface area contributed by atoms with Gasteiger partial charge >= 0.3 is 7.60 Å². The van der Waals surface area contributed by atoms with Gasteiger partial charge in [0.2, 0.25) is 0 Å². The second kappa shape index (κ2) is 6.72. The first-order chi connectivity index (χ1) is 6.37. The van der Waals surface area contributed by atoms with Gasteiger partial charge in [0.1, 0.15) is 0 Å². The maximum atomic E-state index is 11.2. The zero-order valence-electron chi connectivity index (χ0n) is 7.92. The van der Waals surface area contributed by atoms with Crippen molar-refractivity contribution >= 4 is 15.6 Å². The zero-order chi connectivity index (χ0) is 11.2. The van der Waals surface area contributed by atoms with Gasteiger partial charge in [0.15, 0.2) is 14.3 Å². The van der Waals surface area contributed by atoms with E-state index in [1.807, 2.05) is 0 Å². The molecular weight excluding hydrogens is 230 g/mol. The van der Waals surface area contributed by atoms with Crippen LogP contribution in [0.3, 0.4) is 0 Å². The molecule has 0 aliphatic heterocycles. The molecule has 0 aromatic heterocycles. The molecular formula is C6H16O6P2. The van der Waals surface area contributed by atoms with Crippen molar-refractivity contribution in [2.24, 2.45) is 0 Å². The summed E-state index contributed by atoms with van der Waals surface area (Å²) in [7, 11) is -6.40. The largest absolute Gasteiger partial charge is 0.368 e. The highest BCUT2D eigenvalue weighted by molar-refractivity contribution is 7.52. The topological polar surface area (TPSA) is 104 Å². The number of aliphatic hydroxyl groups excluding tert-OH is 1. The molecule has 0 bridgehead atoms. The van der Waals surface area contributed by atoms with Crippen molar-refractivity contribution in [1.29, 1.82) is 0 Å². The average molecular weight is 246 g/mol. The summed E-state index contributed by atoms with van der Waals surface area (Å²) in [5.41, 5.74) is 0. The summed E-state index contributed by atoms with van der Waals surface area (Å²) in [6.45, 7) is 1.61. The minimum Gasteiger partial charge on any atom is -0.368 e. The van der Waals surface area contributed by atoms with Crippen molar-refractivity contribution < 1.29 is 28.5 Å². The van der Waals surface area contributed by atoms with Crippen LogP contribution >= 0.6 is 15.6 Å². The standard InChI is InChI=1S/C6H16O6P2/c1-2-6(7)12-14(10,11)5-3-4-13(8)9/h6-7,13H,2-5H2,1H3,(H,8,9)(H,10,11). The first-order valence-electron chi connectivity index (χ1n) is 4.27. The molecule has 6 nitrogen and oxygen atoms in total. The normalized spacial score (nSPS) is 20.0. The lowest BCUT2D eigenvalue weighted by Crippen LogP contribution is -2.09. The fourth-order valence-corrected chi connectivity index (χ4v) is 2.72. The molecule has 3 N–H and O–H groups in total. The molecule has 0 saturated heterocycles. The highest BCUT2D eigenvalue weighted by Crippen LogP contribution is 2.44. The van der Waals surface area contributed by atoms with Gasteiger partial charge in [-0.05, 0) is 12.8 Å². The molecule has 0 amide bonds. The fraction of sp³-hybridized carbons (Fsp3) is 1.00. The first kappa shape index (κ1) is 14.3. The lowest BCUT2D eigenvalue weighted by atomic mass is 10.5. The molecule has 0 heterocycles. The molecule has 0 spiro atoms. The van der Waals surface area contributed by atoms with Crippen molar-refractivity contribution in [3.63, 3.8) is 0 Å². The van der Waals surface area contributed by atoms with Crippen LogP contribution in [0.1, 0.15) is 19.8 Å². The Balaban J connectivity index is 3.83. The van der Waals surface area contributed by atoms with Gasteiger partial charge in [-0.3, -0.25) is 13.7 Å². The molecule has 14 heavy (non-hydrogen) atoms. The molecule has 0 radical (unpaired) electrons. The second-order valence-corrected chi connectivity index (χ2v) is 6.05. The SMILES string of the molecule is CCC(O)OP(=O)(O)CCC[PH](=O)O. The second-order valence-electron chi connectivity index (χ2n) is 2.83. The Hall–Kier alpha value is 0.300. The Labute approximate surface area is 83.3 Å². The monoisotopic (exact) mass is 246 g/mol. The molecule has 0 aromatic rings. The van der Waals surface area contributed by atoms with E-state index >= 15 is 0 Å². The molecule has 3 atom stereocenters. The summed E-state index contributed by atoms with van der Waals surface area (Å²) in [5.74, 6) is 0. The third-order valence-electron chi connectivity index (χ3n) is 1.47. The summed E-state index contributed by atoms with van der Waals surface area (Å²) < 4.78 is 25.9. The van der Waals surface area contributed by atoms with Crippen LogP contribution in [0.4, 0.5) is 0 Å². The zero-order valence-corrected chi connectivity index (χ0v) is 9.81. The number of hydrogen-bond donors (Lipinski definition) is 3. The predicted octanol–water partition coefficient (Wildman–Crippen LogP) is 0.774. The van der Waals surface area contributed by atoms with Crippen molar-refractivity contribution in [3.05, 3.63) is 0 Å². The van der Waals surface area contributed by atoms with Gasteiger partial charge in [-0.15, -0.1) is 0 Å². The van der Waals surface area contributed by atoms with Gasteiger partial charge in [0.05, 0.1) is 6.16 Å². The Morgan fingerprint density at radius 3 is 2.57 bits per heavy atom.